The topological polar surface area (TPSA) is 95.9 Å². The quantitative estimate of drug-likeness (QED) is 0.499. The Hall–Kier alpha value is -2.53. The van der Waals surface area contributed by atoms with Crippen molar-refractivity contribution in [3.05, 3.63) is 66.0 Å². The maximum Gasteiger partial charge on any atom is 0.214 e. The predicted octanol–water partition coefficient (Wildman–Crippen LogP) is 3.91. The van der Waals surface area contributed by atoms with Crippen LogP contribution in [0.15, 0.2) is 54.6 Å². The van der Waals surface area contributed by atoms with Crippen LogP contribution in [0.1, 0.15) is 38.3 Å². The first kappa shape index (κ1) is 24.6. The molecule has 34 heavy (non-hydrogen) atoms. The van der Waals surface area contributed by atoms with Crippen LogP contribution in [0.5, 0.6) is 11.5 Å². The Balaban J connectivity index is 1.40. The smallest absolute Gasteiger partial charge is 0.214 e. The third-order valence-corrected chi connectivity index (χ3v) is 8.60. The lowest BCUT2D eigenvalue weighted by Crippen LogP contribution is -2.54. The Bertz CT molecular complexity index is 1180. The number of para-hydroxylation sites is 1. The second kappa shape index (κ2) is 10.4. The van der Waals surface area contributed by atoms with Crippen LogP contribution in [-0.2, 0) is 10.0 Å². The zero-order valence-corrected chi connectivity index (χ0v) is 21.2. The summed E-state index contributed by atoms with van der Waals surface area (Å²) in [5, 5.41) is 11.5. The van der Waals surface area contributed by atoms with Gasteiger partial charge in [0.15, 0.2) is 5.82 Å². The van der Waals surface area contributed by atoms with Gasteiger partial charge in [0.1, 0.15) is 17.6 Å². The molecule has 1 fully saturated rings. The molecule has 10 heteroatoms. The van der Waals surface area contributed by atoms with Gasteiger partial charge in [-0.1, -0.05) is 44.2 Å². The van der Waals surface area contributed by atoms with Crippen molar-refractivity contribution in [2.75, 3.05) is 30.3 Å². The number of hydrogen-bond donors (Lipinski definition) is 1. The lowest BCUT2D eigenvalue weighted by Gasteiger charge is -2.39. The Morgan fingerprint density at radius 3 is 2.41 bits per heavy atom. The SMILES string of the molecule is CC(C)CS(=O)(=O)N1CCN(c2nc(C(O)c3ccc(Oc4ccccc4)cc3)ns2)C(C)C1. The van der Waals surface area contributed by atoms with Gasteiger partial charge < -0.3 is 14.7 Å². The number of aliphatic hydroxyl groups is 1. The summed E-state index contributed by atoms with van der Waals surface area (Å²) >= 11 is 1.22. The molecule has 8 nitrogen and oxygen atoms in total. The van der Waals surface area contributed by atoms with Gasteiger partial charge in [0.05, 0.1) is 5.75 Å². The zero-order valence-electron chi connectivity index (χ0n) is 19.5. The van der Waals surface area contributed by atoms with Gasteiger partial charge in [0.25, 0.3) is 0 Å². The average Bonchev–Trinajstić information content (AvgIpc) is 3.29. The van der Waals surface area contributed by atoms with Crippen LogP contribution >= 0.6 is 11.5 Å². The van der Waals surface area contributed by atoms with Crippen molar-refractivity contribution in [2.45, 2.75) is 32.9 Å². The summed E-state index contributed by atoms with van der Waals surface area (Å²) in [7, 11) is -3.27. The average molecular weight is 503 g/mol. The molecule has 0 radical (unpaired) electrons. The molecule has 0 spiro atoms. The van der Waals surface area contributed by atoms with Gasteiger partial charge in [-0.25, -0.2) is 13.4 Å². The Labute approximate surface area is 205 Å². The van der Waals surface area contributed by atoms with E-state index in [0.29, 0.717) is 41.9 Å². The molecule has 2 aromatic carbocycles. The molecule has 1 aliphatic rings. The molecule has 1 N–H and O–H groups in total. The van der Waals surface area contributed by atoms with E-state index >= 15 is 0 Å². The largest absolute Gasteiger partial charge is 0.457 e. The van der Waals surface area contributed by atoms with Gasteiger partial charge in [-0.2, -0.15) is 8.68 Å². The lowest BCUT2D eigenvalue weighted by molar-refractivity contribution is 0.211. The molecule has 1 aromatic heterocycles. The molecule has 0 saturated carbocycles. The lowest BCUT2D eigenvalue weighted by atomic mass is 10.1. The summed E-state index contributed by atoms with van der Waals surface area (Å²) in [6, 6.07) is 16.7. The van der Waals surface area contributed by atoms with Gasteiger partial charge in [-0.3, -0.25) is 0 Å². The van der Waals surface area contributed by atoms with Crippen LogP contribution in [0.4, 0.5) is 5.13 Å². The minimum absolute atomic E-state index is 0.0388. The van der Waals surface area contributed by atoms with Gasteiger partial charge in [0, 0.05) is 37.2 Å². The number of sulfonamides is 1. The molecule has 4 rings (SSSR count). The second-order valence-electron chi connectivity index (χ2n) is 8.89. The fraction of sp³-hybridized carbons (Fsp3) is 0.417. The third-order valence-electron chi connectivity index (χ3n) is 5.62. The van der Waals surface area contributed by atoms with Crippen LogP contribution in [-0.4, -0.2) is 58.6 Å². The molecule has 2 unspecified atom stereocenters. The molecule has 2 atom stereocenters. The van der Waals surface area contributed by atoms with Gasteiger partial charge in [-0.15, -0.1) is 0 Å². The van der Waals surface area contributed by atoms with Crippen molar-refractivity contribution < 1.29 is 18.3 Å². The number of benzene rings is 2. The van der Waals surface area contributed by atoms with E-state index in [1.165, 1.54) is 11.5 Å². The first-order chi connectivity index (χ1) is 16.2. The van der Waals surface area contributed by atoms with Gasteiger partial charge >= 0.3 is 0 Å². The fourth-order valence-electron chi connectivity index (χ4n) is 3.93. The first-order valence-electron chi connectivity index (χ1n) is 11.3. The monoisotopic (exact) mass is 502 g/mol. The summed E-state index contributed by atoms with van der Waals surface area (Å²) in [6.07, 6.45) is -0.959. The van der Waals surface area contributed by atoms with Crippen LogP contribution < -0.4 is 9.64 Å². The molecule has 0 bridgehead atoms. The Morgan fingerprint density at radius 2 is 1.76 bits per heavy atom. The van der Waals surface area contributed by atoms with Crippen molar-refractivity contribution in [1.29, 1.82) is 0 Å². The summed E-state index contributed by atoms with van der Waals surface area (Å²) < 4.78 is 37.0. The number of piperazine rings is 1. The standard InChI is InChI=1S/C24H30N4O4S2/c1-17(2)16-34(30,31)27-13-14-28(18(3)15-27)24-25-23(26-33-24)22(29)19-9-11-21(12-10-19)32-20-7-5-4-6-8-20/h4-12,17-18,22,29H,13-16H2,1-3H3. The number of aliphatic hydroxyl groups excluding tert-OH is 1. The van der Waals surface area contributed by atoms with E-state index in [1.807, 2.05) is 51.1 Å². The molecule has 1 aliphatic heterocycles. The zero-order chi connectivity index (χ0) is 24.3. The van der Waals surface area contributed by atoms with Crippen molar-refractivity contribution in [3.8, 4) is 11.5 Å². The van der Waals surface area contributed by atoms with Crippen molar-refractivity contribution in [1.82, 2.24) is 13.7 Å². The van der Waals surface area contributed by atoms with E-state index < -0.39 is 16.1 Å². The Kier molecular flexibility index (Phi) is 7.51. The number of nitrogens with zero attached hydrogens (tertiary/aromatic N) is 4. The second-order valence-corrected chi connectivity index (χ2v) is 11.6. The van der Waals surface area contributed by atoms with Crippen molar-refractivity contribution >= 4 is 26.7 Å². The minimum Gasteiger partial charge on any atom is -0.457 e. The molecular formula is C24H30N4O4S2. The summed E-state index contributed by atoms with van der Waals surface area (Å²) in [5.41, 5.74) is 0.669. The fourth-order valence-corrected chi connectivity index (χ4v) is 6.62. The highest BCUT2D eigenvalue weighted by Crippen LogP contribution is 2.29. The number of rotatable bonds is 8. The Morgan fingerprint density at radius 1 is 1.09 bits per heavy atom. The van der Waals surface area contributed by atoms with Gasteiger partial charge in [0.2, 0.25) is 15.2 Å². The van der Waals surface area contributed by atoms with Crippen LogP contribution in [0.25, 0.3) is 0 Å². The maximum atomic E-state index is 12.6. The molecule has 0 amide bonds. The highest BCUT2D eigenvalue weighted by molar-refractivity contribution is 7.89. The highest BCUT2D eigenvalue weighted by Gasteiger charge is 2.33. The number of aromatic nitrogens is 2. The van der Waals surface area contributed by atoms with E-state index in [0.717, 1.165) is 5.75 Å². The van der Waals surface area contributed by atoms with E-state index in [2.05, 4.69) is 14.3 Å². The van der Waals surface area contributed by atoms with E-state index in [-0.39, 0.29) is 17.7 Å². The highest BCUT2D eigenvalue weighted by atomic mass is 32.2. The molecule has 3 aromatic rings. The third kappa shape index (κ3) is 5.75. The number of hydrogen-bond acceptors (Lipinski definition) is 8. The molecule has 1 saturated heterocycles. The molecule has 0 aliphatic carbocycles. The molecular weight excluding hydrogens is 472 g/mol. The minimum atomic E-state index is -3.27. The maximum absolute atomic E-state index is 12.6. The van der Waals surface area contributed by atoms with Crippen molar-refractivity contribution in [3.63, 3.8) is 0 Å². The van der Waals surface area contributed by atoms with Crippen LogP contribution in [0.2, 0.25) is 0 Å². The molecule has 2 heterocycles. The van der Waals surface area contributed by atoms with E-state index in [4.69, 9.17) is 4.74 Å². The van der Waals surface area contributed by atoms with Gasteiger partial charge in [-0.05, 0) is 42.7 Å². The number of anilines is 1. The molecule has 182 valence electrons. The summed E-state index contributed by atoms with van der Waals surface area (Å²) in [4.78, 5) is 6.63. The van der Waals surface area contributed by atoms with Crippen LogP contribution in [0, 0.1) is 5.92 Å². The van der Waals surface area contributed by atoms with Crippen LogP contribution in [0.3, 0.4) is 0 Å². The summed E-state index contributed by atoms with van der Waals surface area (Å²) in [6.45, 7) is 7.17. The van der Waals surface area contributed by atoms with Crippen molar-refractivity contribution in [2.24, 2.45) is 5.92 Å². The normalized spacial score (nSPS) is 18.3. The first-order valence-corrected chi connectivity index (χ1v) is 13.7. The number of ether oxygens (including phenoxy) is 1. The summed E-state index contributed by atoms with van der Waals surface area (Å²) in [5.74, 6) is 1.99. The predicted molar refractivity (Wildman–Crippen MR) is 134 cm³/mol. The van der Waals surface area contributed by atoms with E-state index in [1.54, 1.807) is 28.6 Å². The van der Waals surface area contributed by atoms with E-state index in [9.17, 15) is 13.5 Å².